The van der Waals surface area contributed by atoms with Crippen molar-refractivity contribution in [1.29, 1.82) is 0 Å². The minimum Gasteiger partial charge on any atom is -0.369 e. The van der Waals surface area contributed by atoms with E-state index in [1.54, 1.807) is 12.1 Å². The van der Waals surface area contributed by atoms with Gasteiger partial charge in [0.05, 0.1) is 0 Å². The molecule has 21 heavy (non-hydrogen) atoms. The van der Waals surface area contributed by atoms with Crippen molar-refractivity contribution in [1.82, 2.24) is 20.4 Å². The summed E-state index contributed by atoms with van der Waals surface area (Å²) in [5, 5.41) is 22.9. The van der Waals surface area contributed by atoms with E-state index in [-0.39, 0.29) is 11.6 Å². The van der Waals surface area contributed by atoms with Crippen LogP contribution < -0.4 is 10.6 Å². The standard InChI is InChI=1S/C13H18N6OS/c1-4-14-10-6-5-9(16-17-10)12(20)15-13-19-18-11(21-13)7-8(2)3/h5-6,8H,4,7H2,1-3H3,(H,14,17)(H,15,19,20). The number of hydrogen-bond acceptors (Lipinski definition) is 7. The highest BCUT2D eigenvalue weighted by Crippen LogP contribution is 2.18. The predicted octanol–water partition coefficient (Wildman–Crippen LogP) is 2.21. The average Bonchev–Trinajstić information content (AvgIpc) is 2.86. The van der Waals surface area contributed by atoms with Crippen molar-refractivity contribution in [2.24, 2.45) is 5.92 Å². The number of anilines is 2. The van der Waals surface area contributed by atoms with E-state index in [1.165, 1.54) is 11.3 Å². The molecule has 0 atom stereocenters. The molecule has 0 unspecified atom stereocenters. The average molecular weight is 306 g/mol. The van der Waals surface area contributed by atoms with Crippen molar-refractivity contribution in [2.75, 3.05) is 17.2 Å². The fraction of sp³-hybridized carbons (Fsp3) is 0.462. The van der Waals surface area contributed by atoms with Crippen molar-refractivity contribution in [3.8, 4) is 0 Å². The highest BCUT2D eigenvalue weighted by Gasteiger charge is 2.12. The van der Waals surface area contributed by atoms with Crippen LogP contribution in [-0.4, -0.2) is 32.8 Å². The number of amides is 1. The lowest BCUT2D eigenvalue weighted by atomic mass is 10.1. The van der Waals surface area contributed by atoms with E-state index in [2.05, 4.69) is 44.9 Å². The number of carbonyl (C=O) groups is 1. The van der Waals surface area contributed by atoms with Crippen LogP contribution in [0.15, 0.2) is 12.1 Å². The summed E-state index contributed by atoms with van der Waals surface area (Å²) >= 11 is 1.38. The van der Waals surface area contributed by atoms with E-state index in [1.807, 2.05) is 6.92 Å². The van der Waals surface area contributed by atoms with E-state index in [0.717, 1.165) is 18.0 Å². The van der Waals surface area contributed by atoms with Crippen LogP contribution in [0.5, 0.6) is 0 Å². The summed E-state index contributed by atoms with van der Waals surface area (Å²) < 4.78 is 0. The van der Waals surface area contributed by atoms with Crippen LogP contribution in [0.1, 0.15) is 36.3 Å². The number of nitrogens with zero attached hydrogens (tertiary/aromatic N) is 4. The number of nitrogens with one attached hydrogen (secondary N) is 2. The Morgan fingerprint density at radius 3 is 2.67 bits per heavy atom. The second-order valence-corrected chi connectivity index (χ2v) is 5.95. The lowest BCUT2D eigenvalue weighted by Gasteiger charge is -2.02. The van der Waals surface area contributed by atoms with Crippen LogP contribution in [0.2, 0.25) is 0 Å². The Bertz CT molecular complexity index is 595. The quantitative estimate of drug-likeness (QED) is 0.850. The Kier molecular flexibility index (Phi) is 5.15. The Morgan fingerprint density at radius 2 is 2.05 bits per heavy atom. The maximum Gasteiger partial charge on any atom is 0.278 e. The summed E-state index contributed by atoms with van der Waals surface area (Å²) in [6, 6.07) is 3.34. The molecule has 0 radical (unpaired) electrons. The molecule has 0 fully saturated rings. The predicted molar refractivity (Wildman–Crippen MR) is 82.6 cm³/mol. The van der Waals surface area contributed by atoms with Gasteiger partial charge in [-0.3, -0.25) is 10.1 Å². The second kappa shape index (κ2) is 7.07. The summed E-state index contributed by atoms with van der Waals surface area (Å²) in [5.74, 6) is 0.813. The summed E-state index contributed by atoms with van der Waals surface area (Å²) in [5.41, 5.74) is 0.247. The van der Waals surface area contributed by atoms with E-state index in [0.29, 0.717) is 16.9 Å². The van der Waals surface area contributed by atoms with Crippen LogP contribution in [0, 0.1) is 5.92 Å². The van der Waals surface area contributed by atoms with E-state index in [9.17, 15) is 4.79 Å². The van der Waals surface area contributed by atoms with Crippen LogP contribution >= 0.6 is 11.3 Å². The Balaban J connectivity index is 1.98. The zero-order chi connectivity index (χ0) is 15.2. The number of aromatic nitrogens is 4. The van der Waals surface area contributed by atoms with Crippen LogP contribution in [-0.2, 0) is 6.42 Å². The molecule has 0 bridgehead atoms. The van der Waals surface area contributed by atoms with Gasteiger partial charge in [0.25, 0.3) is 5.91 Å². The molecule has 112 valence electrons. The summed E-state index contributed by atoms with van der Waals surface area (Å²) in [6.07, 6.45) is 0.852. The lowest BCUT2D eigenvalue weighted by molar-refractivity contribution is 0.102. The SMILES string of the molecule is CCNc1ccc(C(=O)Nc2nnc(CC(C)C)s2)nn1. The van der Waals surface area contributed by atoms with Gasteiger partial charge in [-0.15, -0.1) is 20.4 Å². The maximum atomic E-state index is 12.0. The number of hydrogen-bond donors (Lipinski definition) is 2. The van der Waals surface area contributed by atoms with Gasteiger partial charge in [0.15, 0.2) is 5.69 Å². The first-order valence-electron chi connectivity index (χ1n) is 6.79. The molecule has 2 aromatic rings. The van der Waals surface area contributed by atoms with Gasteiger partial charge in [0.2, 0.25) is 5.13 Å². The zero-order valence-corrected chi connectivity index (χ0v) is 13.1. The third kappa shape index (κ3) is 4.45. The fourth-order valence-electron chi connectivity index (χ4n) is 1.63. The molecule has 2 aromatic heterocycles. The van der Waals surface area contributed by atoms with Crippen molar-refractivity contribution in [3.05, 3.63) is 22.8 Å². The first-order chi connectivity index (χ1) is 10.1. The molecule has 0 spiro atoms. The van der Waals surface area contributed by atoms with Gasteiger partial charge >= 0.3 is 0 Å². The van der Waals surface area contributed by atoms with Gasteiger partial charge in [-0.25, -0.2) is 0 Å². The highest BCUT2D eigenvalue weighted by atomic mass is 32.1. The van der Waals surface area contributed by atoms with Gasteiger partial charge in [-0.2, -0.15) is 0 Å². The molecule has 0 saturated heterocycles. The molecule has 2 N–H and O–H groups in total. The molecule has 1 amide bonds. The van der Waals surface area contributed by atoms with Gasteiger partial charge in [0.1, 0.15) is 10.8 Å². The molecule has 7 nitrogen and oxygen atoms in total. The molecule has 0 aliphatic heterocycles. The Morgan fingerprint density at radius 1 is 1.24 bits per heavy atom. The normalized spacial score (nSPS) is 10.7. The molecular weight excluding hydrogens is 288 g/mol. The topological polar surface area (TPSA) is 92.7 Å². The second-order valence-electron chi connectivity index (χ2n) is 4.89. The van der Waals surface area contributed by atoms with Crippen molar-refractivity contribution >= 4 is 28.2 Å². The first-order valence-corrected chi connectivity index (χ1v) is 7.61. The van der Waals surface area contributed by atoms with Gasteiger partial charge in [0, 0.05) is 13.0 Å². The molecule has 2 rings (SSSR count). The first kappa shape index (κ1) is 15.3. The van der Waals surface area contributed by atoms with Crippen LogP contribution in [0.4, 0.5) is 10.9 Å². The lowest BCUT2D eigenvalue weighted by Crippen LogP contribution is -2.14. The number of carbonyl (C=O) groups excluding carboxylic acids is 1. The smallest absolute Gasteiger partial charge is 0.278 e. The van der Waals surface area contributed by atoms with E-state index < -0.39 is 0 Å². The van der Waals surface area contributed by atoms with Crippen molar-refractivity contribution in [3.63, 3.8) is 0 Å². The Hall–Kier alpha value is -2.09. The van der Waals surface area contributed by atoms with Gasteiger partial charge < -0.3 is 5.32 Å². The molecule has 0 aliphatic carbocycles. The molecule has 0 saturated carbocycles. The molecule has 0 aliphatic rings. The minimum atomic E-state index is -0.335. The number of rotatable bonds is 6. The largest absolute Gasteiger partial charge is 0.369 e. The molecule has 8 heteroatoms. The van der Waals surface area contributed by atoms with Gasteiger partial charge in [-0.05, 0) is 25.0 Å². The highest BCUT2D eigenvalue weighted by molar-refractivity contribution is 7.15. The Labute approximate surface area is 127 Å². The summed E-state index contributed by atoms with van der Waals surface area (Å²) in [6.45, 7) is 6.94. The van der Waals surface area contributed by atoms with Crippen LogP contribution in [0.25, 0.3) is 0 Å². The third-order valence-electron chi connectivity index (χ3n) is 2.53. The maximum absolute atomic E-state index is 12.0. The van der Waals surface area contributed by atoms with Crippen molar-refractivity contribution < 1.29 is 4.79 Å². The fourth-order valence-corrected chi connectivity index (χ4v) is 2.57. The monoisotopic (exact) mass is 306 g/mol. The molecular formula is C13H18N6OS. The van der Waals surface area contributed by atoms with Crippen LogP contribution in [0.3, 0.4) is 0 Å². The van der Waals surface area contributed by atoms with E-state index in [4.69, 9.17) is 0 Å². The molecule has 2 heterocycles. The van der Waals surface area contributed by atoms with E-state index >= 15 is 0 Å². The third-order valence-corrected chi connectivity index (χ3v) is 3.39. The minimum absolute atomic E-state index is 0.247. The van der Waals surface area contributed by atoms with Gasteiger partial charge in [-0.1, -0.05) is 25.2 Å². The summed E-state index contributed by atoms with van der Waals surface area (Å²) in [4.78, 5) is 12.0. The van der Waals surface area contributed by atoms with Crippen molar-refractivity contribution in [2.45, 2.75) is 27.2 Å². The molecule has 0 aromatic carbocycles. The summed E-state index contributed by atoms with van der Waals surface area (Å²) in [7, 11) is 0. The zero-order valence-electron chi connectivity index (χ0n) is 12.3.